The quantitative estimate of drug-likeness (QED) is 0.808. The van der Waals surface area contributed by atoms with E-state index in [0.29, 0.717) is 6.04 Å². The molecule has 1 N–H and O–H groups in total. The lowest BCUT2D eigenvalue weighted by Crippen LogP contribution is -2.30. The van der Waals surface area contributed by atoms with Crippen LogP contribution in [-0.2, 0) is 11.2 Å². The number of rotatable bonds is 6. The standard InChI is InChI=1S/C11H17ClN2O/c1-13-10(8-15-2)4-3-9-5-6-14-7-11(9)12/h5-7,10,13H,3-4,8H2,1-2H3. The second-order valence-corrected chi connectivity index (χ2v) is 3.85. The first-order valence-electron chi connectivity index (χ1n) is 5.02. The van der Waals surface area contributed by atoms with Crippen molar-refractivity contribution in [2.45, 2.75) is 18.9 Å². The molecule has 0 aliphatic carbocycles. The number of pyridine rings is 1. The molecule has 1 atom stereocenters. The summed E-state index contributed by atoms with van der Waals surface area (Å²) in [7, 11) is 3.65. The van der Waals surface area contributed by atoms with Crippen LogP contribution < -0.4 is 5.32 Å². The number of hydrogen-bond acceptors (Lipinski definition) is 3. The molecule has 4 heteroatoms. The summed E-state index contributed by atoms with van der Waals surface area (Å²) in [5, 5.41) is 3.95. The van der Waals surface area contributed by atoms with E-state index < -0.39 is 0 Å². The molecule has 84 valence electrons. The van der Waals surface area contributed by atoms with E-state index in [2.05, 4.69) is 10.3 Å². The van der Waals surface area contributed by atoms with E-state index in [1.807, 2.05) is 13.1 Å². The summed E-state index contributed by atoms with van der Waals surface area (Å²) in [5.41, 5.74) is 1.14. The number of likely N-dealkylation sites (N-methyl/N-ethyl adjacent to an activating group) is 1. The Morgan fingerprint density at radius 2 is 2.40 bits per heavy atom. The average Bonchev–Trinajstić information content (AvgIpc) is 2.26. The van der Waals surface area contributed by atoms with Gasteiger partial charge in [-0.25, -0.2) is 0 Å². The van der Waals surface area contributed by atoms with E-state index in [4.69, 9.17) is 16.3 Å². The molecule has 3 nitrogen and oxygen atoms in total. The zero-order valence-corrected chi connectivity index (χ0v) is 9.92. The molecule has 0 aliphatic heterocycles. The van der Waals surface area contributed by atoms with Gasteiger partial charge in [0.05, 0.1) is 11.6 Å². The maximum absolute atomic E-state index is 6.01. The highest BCUT2D eigenvalue weighted by Crippen LogP contribution is 2.15. The number of ether oxygens (including phenoxy) is 1. The highest BCUT2D eigenvalue weighted by molar-refractivity contribution is 6.31. The van der Waals surface area contributed by atoms with Crippen molar-refractivity contribution in [3.05, 3.63) is 29.0 Å². The fraction of sp³-hybridized carbons (Fsp3) is 0.545. The predicted octanol–water partition coefficient (Wildman–Crippen LogP) is 1.90. The van der Waals surface area contributed by atoms with Gasteiger partial charge in [0, 0.05) is 25.5 Å². The van der Waals surface area contributed by atoms with Gasteiger partial charge in [0.25, 0.3) is 0 Å². The zero-order valence-electron chi connectivity index (χ0n) is 9.16. The molecule has 15 heavy (non-hydrogen) atoms. The molecular weight excluding hydrogens is 212 g/mol. The minimum atomic E-state index is 0.374. The molecule has 0 spiro atoms. The predicted molar refractivity (Wildman–Crippen MR) is 62.3 cm³/mol. The van der Waals surface area contributed by atoms with E-state index >= 15 is 0 Å². The molecule has 1 rings (SSSR count). The molecule has 0 aliphatic rings. The molecule has 0 saturated heterocycles. The van der Waals surface area contributed by atoms with Crippen LogP contribution in [0.25, 0.3) is 0 Å². The Hall–Kier alpha value is -0.640. The van der Waals surface area contributed by atoms with E-state index in [1.165, 1.54) is 0 Å². The van der Waals surface area contributed by atoms with Gasteiger partial charge in [0.2, 0.25) is 0 Å². The molecule has 0 aromatic carbocycles. The Morgan fingerprint density at radius 1 is 1.60 bits per heavy atom. The number of nitrogens with zero attached hydrogens (tertiary/aromatic N) is 1. The van der Waals surface area contributed by atoms with Crippen molar-refractivity contribution in [2.24, 2.45) is 0 Å². The van der Waals surface area contributed by atoms with Crippen LogP contribution in [0.1, 0.15) is 12.0 Å². The summed E-state index contributed by atoms with van der Waals surface area (Å²) in [5.74, 6) is 0. The van der Waals surface area contributed by atoms with Crippen molar-refractivity contribution in [3.63, 3.8) is 0 Å². The van der Waals surface area contributed by atoms with Crippen molar-refractivity contribution in [1.82, 2.24) is 10.3 Å². The molecular formula is C11H17ClN2O. The van der Waals surface area contributed by atoms with Crippen LogP contribution >= 0.6 is 11.6 Å². The first-order chi connectivity index (χ1) is 7.27. The number of halogens is 1. The van der Waals surface area contributed by atoms with Crippen LogP contribution in [0.5, 0.6) is 0 Å². The van der Waals surface area contributed by atoms with Crippen LogP contribution in [0.4, 0.5) is 0 Å². The Labute approximate surface area is 95.8 Å². The smallest absolute Gasteiger partial charge is 0.0621 e. The fourth-order valence-corrected chi connectivity index (χ4v) is 1.66. The molecule has 0 fully saturated rings. The van der Waals surface area contributed by atoms with Crippen molar-refractivity contribution in [1.29, 1.82) is 0 Å². The lowest BCUT2D eigenvalue weighted by molar-refractivity contribution is 0.166. The summed E-state index contributed by atoms with van der Waals surface area (Å²) in [6.07, 6.45) is 5.40. The van der Waals surface area contributed by atoms with Crippen LogP contribution in [0, 0.1) is 0 Å². The van der Waals surface area contributed by atoms with Crippen LogP contribution in [0.15, 0.2) is 18.5 Å². The number of hydrogen-bond donors (Lipinski definition) is 1. The Balaban J connectivity index is 2.45. The largest absolute Gasteiger partial charge is 0.383 e. The van der Waals surface area contributed by atoms with Crippen molar-refractivity contribution >= 4 is 11.6 Å². The van der Waals surface area contributed by atoms with Gasteiger partial charge in [-0.15, -0.1) is 0 Å². The van der Waals surface area contributed by atoms with Gasteiger partial charge >= 0.3 is 0 Å². The highest BCUT2D eigenvalue weighted by atomic mass is 35.5. The van der Waals surface area contributed by atoms with Gasteiger partial charge in [-0.3, -0.25) is 4.98 Å². The van der Waals surface area contributed by atoms with Crippen molar-refractivity contribution < 1.29 is 4.74 Å². The lowest BCUT2D eigenvalue weighted by atomic mass is 10.1. The van der Waals surface area contributed by atoms with E-state index in [9.17, 15) is 0 Å². The first-order valence-corrected chi connectivity index (χ1v) is 5.40. The minimum absolute atomic E-state index is 0.374. The monoisotopic (exact) mass is 228 g/mol. The summed E-state index contributed by atoms with van der Waals surface area (Å²) in [4.78, 5) is 3.96. The van der Waals surface area contributed by atoms with Crippen molar-refractivity contribution in [3.8, 4) is 0 Å². The van der Waals surface area contributed by atoms with Crippen LogP contribution in [0.3, 0.4) is 0 Å². The molecule has 1 aromatic rings. The zero-order chi connectivity index (χ0) is 11.1. The number of aryl methyl sites for hydroxylation is 1. The molecule has 0 bridgehead atoms. The number of methoxy groups -OCH3 is 1. The van der Waals surface area contributed by atoms with E-state index in [-0.39, 0.29) is 0 Å². The second kappa shape index (κ2) is 6.77. The molecule has 0 radical (unpaired) electrons. The molecule has 1 unspecified atom stereocenters. The van der Waals surface area contributed by atoms with E-state index in [1.54, 1.807) is 19.5 Å². The van der Waals surface area contributed by atoms with Gasteiger partial charge in [-0.05, 0) is 31.5 Å². The third-order valence-electron chi connectivity index (χ3n) is 2.39. The van der Waals surface area contributed by atoms with Crippen LogP contribution in [0.2, 0.25) is 5.02 Å². The molecule has 0 amide bonds. The van der Waals surface area contributed by atoms with E-state index in [0.717, 1.165) is 30.0 Å². The summed E-state index contributed by atoms with van der Waals surface area (Å²) >= 11 is 6.01. The minimum Gasteiger partial charge on any atom is -0.383 e. The SMILES string of the molecule is CNC(CCc1ccncc1Cl)COC. The van der Waals surface area contributed by atoms with Gasteiger partial charge < -0.3 is 10.1 Å². The molecule has 0 saturated carbocycles. The third-order valence-corrected chi connectivity index (χ3v) is 2.73. The topological polar surface area (TPSA) is 34.2 Å². The fourth-order valence-electron chi connectivity index (χ4n) is 1.45. The molecule has 1 aromatic heterocycles. The maximum atomic E-state index is 6.01. The summed E-state index contributed by atoms with van der Waals surface area (Å²) in [6, 6.07) is 2.33. The normalized spacial score (nSPS) is 12.7. The first kappa shape index (κ1) is 12.4. The Kier molecular flexibility index (Phi) is 5.61. The van der Waals surface area contributed by atoms with Crippen LogP contribution in [-0.4, -0.2) is 31.8 Å². The third kappa shape index (κ3) is 4.16. The number of nitrogens with one attached hydrogen (secondary N) is 1. The Bertz CT molecular complexity index is 294. The van der Waals surface area contributed by atoms with Gasteiger partial charge in [-0.1, -0.05) is 11.6 Å². The maximum Gasteiger partial charge on any atom is 0.0621 e. The summed E-state index contributed by atoms with van der Waals surface area (Å²) < 4.78 is 5.11. The van der Waals surface area contributed by atoms with Gasteiger partial charge in [-0.2, -0.15) is 0 Å². The number of aromatic nitrogens is 1. The van der Waals surface area contributed by atoms with Gasteiger partial charge in [0.1, 0.15) is 0 Å². The average molecular weight is 229 g/mol. The second-order valence-electron chi connectivity index (χ2n) is 3.45. The Morgan fingerprint density at radius 3 is 3.00 bits per heavy atom. The van der Waals surface area contributed by atoms with Gasteiger partial charge in [0.15, 0.2) is 0 Å². The van der Waals surface area contributed by atoms with Crippen molar-refractivity contribution in [2.75, 3.05) is 20.8 Å². The molecule has 1 heterocycles. The lowest BCUT2D eigenvalue weighted by Gasteiger charge is -2.15. The summed E-state index contributed by atoms with van der Waals surface area (Å²) in [6.45, 7) is 0.721. The highest BCUT2D eigenvalue weighted by Gasteiger charge is 2.07.